The van der Waals surface area contributed by atoms with E-state index in [1.807, 2.05) is 18.2 Å². The molecule has 1 aliphatic heterocycles. The molecule has 1 saturated heterocycles. The number of hydrogen-bond acceptors (Lipinski definition) is 3. The summed E-state index contributed by atoms with van der Waals surface area (Å²) in [4.78, 5) is 2.33. The second-order valence-corrected chi connectivity index (χ2v) is 5.17. The van der Waals surface area contributed by atoms with E-state index in [9.17, 15) is 5.26 Å². The number of methoxy groups -OCH3 is 1. The van der Waals surface area contributed by atoms with Gasteiger partial charge >= 0.3 is 0 Å². The van der Waals surface area contributed by atoms with Gasteiger partial charge in [-0.25, -0.2) is 0 Å². The van der Waals surface area contributed by atoms with Crippen LogP contribution in [0.5, 0.6) is 5.75 Å². The number of anilines is 1. The molecule has 1 aromatic carbocycles. The maximum absolute atomic E-state index is 9.23. The van der Waals surface area contributed by atoms with Crippen LogP contribution in [0.1, 0.15) is 32.3 Å². The minimum Gasteiger partial charge on any atom is -0.497 e. The first-order valence-electron chi connectivity index (χ1n) is 6.50. The van der Waals surface area contributed by atoms with Gasteiger partial charge in [-0.3, -0.25) is 0 Å². The number of piperidine rings is 1. The van der Waals surface area contributed by atoms with Crippen molar-refractivity contribution in [2.24, 2.45) is 5.92 Å². The highest BCUT2D eigenvalue weighted by molar-refractivity contribution is 5.62. The van der Waals surface area contributed by atoms with Gasteiger partial charge in [-0.1, -0.05) is 6.92 Å². The van der Waals surface area contributed by atoms with Crippen molar-refractivity contribution < 1.29 is 4.74 Å². The predicted octanol–water partition coefficient (Wildman–Crippen LogP) is 3.19. The number of rotatable bonds is 2. The number of ether oxygens (including phenoxy) is 1. The van der Waals surface area contributed by atoms with Crippen molar-refractivity contribution in [1.29, 1.82) is 5.26 Å². The van der Waals surface area contributed by atoms with Crippen molar-refractivity contribution in [3.05, 3.63) is 23.8 Å². The number of nitriles is 1. The van der Waals surface area contributed by atoms with Crippen LogP contribution < -0.4 is 9.64 Å². The molecule has 2 atom stereocenters. The molecule has 18 heavy (non-hydrogen) atoms. The van der Waals surface area contributed by atoms with Gasteiger partial charge in [0.05, 0.1) is 18.4 Å². The van der Waals surface area contributed by atoms with Crippen LogP contribution in [0.3, 0.4) is 0 Å². The molecule has 3 nitrogen and oxygen atoms in total. The Morgan fingerprint density at radius 2 is 2.17 bits per heavy atom. The van der Waals surface area contributed by atoms with Crippen LogP contribution in [0.4, 0.5) is 5.69 Å². The summed E-state index contributed by atoms with van der Waals surface area (Å²) in [6.45, 7) is 5.55. The summed E-state index contributed by atoms with van der Waals surface area (Å²) in [7, 11) is 1.66. The normalized spacial score (nSPS) is 23.6. The molecule has 1 aromatic rings. The second-order valence-electron chi connectivity index (χ2n) is 5.17. The Bertz CT molecular complexity index is 464. The Labute approximate surface area is 109 Å². The molecule has 1 heterocycles. The third-order valence-electron chi connectivity index (χ3n) is 3.77. The lowest BCUT2D eigenvalue weighted by atomic mass is 9.92. The second kappa shape index (κ2) is 5.30. The molecule has 1 aliphatic rings. The first-order chi connectivity index (χ1) is 8.65. The smallest absolute Gasteiger partial charge is 0.121 e. The van der Waals surface area contributed by atoms with E-state index < -0.39 is 0 Å². The maximum Gasteiger partial charge on any atom is 0.121 e. The Morgan fingerprint density at radius 1 is 1.39 bits per heavy atom. The van der Waals surface area contributed by atoms with Gasteiger partial charge in [0.25, 0.3) is 0 Å². The molecule has 0 radical (unpaired) electrons. The number of nitrogens with zero attached hydrogens (tertiary/aromatic N) is 2. The van der Waals surface area contributed by atoms with Crippen LogP contribution in [0.15, 0.2) is 18.2 Å². The summed E-state index contributed by atoms with van der Waals surface area (Å²) in [6, 6.07) is 8.43. The summed E-state index contributed by atoms with van der Waals surface area (Å²) in [5.41, 5.74) is 1.74. The third kappa shape index (κ3) is 2.43. The minimum atomic E-state index is 0.480. The van der Waals surface area contributed by atoms with E-state index in [1.165, 1.54) is 12.8 Å². The van der Waals surface area contributed by atoms with Gasteiger partial charge in [-0.2, -0.15) is 5.26 Å². The fourth-order valence-corrected chi connectivity index (χ4v) is 2.74. The van der Waals surface area contributed by atoms with Gasteiger partial charge in [0, 0.05) is 18.7 Å². The predicted molar refractivity (Wildman–Crippen MR) is 72.9 cm³/mol. The lowest BCUT2D eigenvalue weighted by Gasteiger charge is -2.38. The van der Waals surface area contributed by atoms with Crippen molar-refractivity contribution >= 4 is 5.69 Å². The zero-order chi connectivity index (χ0) is 13.1. The van der Waals surface area contributed by atoms with E-state index in [0.717, 1.165) is 29.5 Å². The average molecular weight is 244 g/mol. The molecule has 2 rings (SSSR count). The molecule has 0 aromatic heterocycles. The molecule has 96 valence electrons. The van der Waals surface area contributed by atoms with Gasteiger partial charge < -0.3 is 9.64 Å². The fourth-order valence-electron chi connectivity index (χ4n) is 2.74. The third-order valence-corrected chi connectivity index (χ3v) is 3.77. The fraction of sp³-hybridized carbons (Fsp3) is 0.533. The first kappa shape index (κ1) is 12.8. The van der Waals surface area contributed by atoms with Crippen molar-refractivity contribution in [2.45, 2.75) is 32.7 Å². The molecule has 0 spiro atoms. The van der Waals surface area contributed by atoms with Crippen LogP contribution in [-0.2, 0) is 0 Å². The van der Waals surface area contributed by atoms with E-state index >= 15 is 0 Å². The summed E-state index contributed by atoms with van der Waals surface area (Å²) in [6.07, 6.45) is 2.37. The van der Waals surface area contributed by atoms with Gasteiger partial charge in [0.2, 0.25) is 0 Å². The van der Waals surface area contributed by atoms with E-state index in [1.54, 1.807) is 7.11 Å². The SMILES string of the molecule is COc1ccc(C#N)c(N2CCC(C)CC2C)c1. The summed E-state index contributed by atoms with van der Waals surface area (Å²) in [5.74, 6) is 1.59. The monoisotopic (exact) mass is 244 g/mol. The summed E-state index contributed by atoms with van der Waals surface area (Å²) >= 11 is 0. The molecule has 1 fully saturated rings. The maximum atomic E-state index is 9.23. The summed E-state index contributed by atoms with van der Waals surface area (Å²) in [5, 5.41) is 9.23. The van der Waals surface area contributed by atoms with E-state index in [4.69, 9.17) is 4.74 Å². The highest BCUT2D eigenvalue weighted by Crippen LogP contribution is 2.32. The van der Waals surface area contributed by atoms with Crippen LogP contribution in [0.25, 0.3) is 0 Å². The van der Waals surface area contributed by atoms with Crippen molar-refractivity contribution in [2.75, 3.05) is 18.6 Å². The number of benzene rings is 1. The lowest BCUT2D eigenvalue weighted by molar-refractivity contribution is 0.376. The van der Waals surface area contributed by atoms with E-state index in [0.29, 0.717) is 6.04 Å². The Hall–Kier alpha value is -1.69. The molecule has 3 heteroatoms. The highest BCUT2D eigenvalue weighted by Gasteiger charge is 2.25. The molecular formula is C15H20N2O. The molecular weight excluding hydrogens is 224 g/mol. The zero-order valence-electron chi connectivity index (χ0n) is 11.3. The molecule has 0 amide bonds. The largest absolute Gasteiger partial charge is 0.497 e. The van der Waals surface area contributed by atoms with Gasteiger partial charge in [0.1, 0.15) is 11.8 Å². The van der Waals surface area contributed by atoms with Crippen molar-refractivity contribution in [1.82, 2.24) is 0 Å². The quantitative estimate of drug-likeness (QED) is 0.801. The standard InChI is InChI=1S/C15H20N2O/c1-11-6-7-17(12(2)8-11)15-9-14(18-3)5-4-13(15)10-16/h4-5,9,11-12H,6-8H2,1-3H3. The average Bonchev–Trinajstić information content (AvgIpc) is 2.38. The first-order valence-corrected chi connectivity index (χ1v) is 6.50. The van der Waals surface area contributed by atoms with Gasteiger partial charge in [0.15, 0.2) is 0 Å². The molecule has 0 bridgehead atoms. The van der Waals surface area contributed by atoms with Crippen LogP contribution in [-0.4, -0.2) is 19.7 Å². The summed E-state index contributed by atoms with van der Waals surface area (Å²) < 4.78 is 5.27. The Balaban J connectivity index is 2.34. The Morgan fingerprint density at radius 3 is 2.78 bits per heavy atom. The van der Waals surface area contributed by atoms with Crippen LogP contribution in [0.2, 0.25) is 0 Å². The Kier molecular flexibility index (Phi) is 3.76. The zero-order valence-corrected chi connectivity index (χ0v) is 11.3. The number of hydrogen-bond donors (Lipinski definition) is 0. The topological polar surface area (TPSA) is 36.3 Å². The highest BCUT2D eigenvalue weighted by atomic mass is 16.5. The molecule has 0 aliphatic carbocycles. The van der Waals surface area contributed by atoms with E-state index in [-0.39, 0.29) is 0 Å². The van der Waals surface area contributed by atoms with Crippen LogP contribution in [0, 0.1) is 17.2 Å². The molecule has 0 N–H and O–H groups in total. The van der Waals surface area contributed by atoms with Crippen molar-refractivity contribution in [3.8, 4) is 11.8 Å². The molecule has 2 unspecified atom stereocenters. The van der Waals surface area contributed by atoms with Crippen LogP contribution >= 0.6 is 0 Å². The molecule has 0 saturated carbocycles. The van der Waals surface area contributed by atoms with Gasteiger partial charge in [-0.05, 0) is 37.8 Å². The van der Waals surface area contributed by atoms with Crippen molar-refractivity contribution in [3.63, 3.8) is 0 Å². The van der Waals surface area contributed by atoms with Gasteiger partial charge in [-0.15, -0.1) is 0 Å². The van der Waals surface area contributed by atoms with E-state index in [2.05, 4.69) is 24.8 Å². The lowest BCUT2D eigenvalue weighted by Crippen LogP contribution is -2.40. The minimum absolute atomic E-state index is 0.480.